The topological polar surface area (TPSA) is 92.5 Å². The van der Waals surface area contributed by atoms with Crippen LogP contribution in [0.5, 0.6) is 0 Å². The predicted octanol–water partition coefficient (Wildman–Crippen LogP) is 1.79. The Bertz CT molecular complexity index is 531. The number of hydrogen-bond donors (Lipinski definition) is 2. The summed E-state index contributed by atoms with van der Waals surface area (Å²) in [6.07, 6.45) is 0. The zero-order chi connectivity index (χ0) is 15.4. The number of aliphatic hydroxyl groups is 1. The fourth-order valence-electron chi connectivity index (χ4n) is 1.69. The second-order valence-electron chi connectivity index (χ2n) is 4.89. The van der Waals surface area contributed by atoms with Crippen LogP contribution in [0.4, 0.5) is 10.1 Å². The smallest absolute Gasteiger partial charge is 0.270 e. The molecule has 0 aliphatic heterocycles. The number of hydrogen-bond acceptors (Lipinski definition) is 4. The van der Waals surface area contributed by atoms with Gasteiger partial charge in [0.05, 0.1) is 23.1 Å². The maximum Gasteiger partial charge on any atom is 0.270 e. The summed E-state index contributed by atoms with van der Waals surface area (Å²) in [6, 6.07) is 1.42. The van der Waals surface area contributed by atoms with Gasteiger partial charge in [-0.15, -0.1) is 0 Å². The van der Waals surface area contributed by atoms with Crippen molar-refractivity contribution >= 4 is 11.6 Å². The lowest BCUT2D eigenvalue weighted by molar-refractivity contribution is -0.385. The summed E-state index contributed by atoms with van der Waals surface area (Å²) in [7, 11) is 0. The van der Waals surface area contributed by atoms with Gasteiger partial charge in [-0.05, 0) is 18.4 Å². The molecule has 0 fully saturated rings. The number of nitro benzene ring substituents is 1. The lowest BCUT2D eigenvalue weighted by Crippen LogP contribution is -2.41. The van der Waals surface area contributed by atoms with E-state index in [2.05, 4.69) is 5.32 Å². The number of nitrogens with one attached hydrogen (secondary N) is 1. The zero-order valence-electron chi connectivity index (χ0n) is 11.5. The lowest BCUT2D eigenvalue weighted by atomic mass is 10.0. The van der Waals surface area contributed by atoms with Gasteiger partial charge in [0.1, 0.15) is 5.82 Å². The van der Waals surface area contributed by atoms with Gasteiger partial charge in [-0.1, -0.05) is 13.8 Å². The number of aryl methyl sites for hydroxylation is 1. The van der Waals surface area contributed by atoms with Crippen LogP contribution in [-0.4, -0.2) is 28.6 Å². The number of rotatable bonds is 5. The Balaban J connectivity index is 3.12. The highest BCUT2D eigenvalue weighted by Gasteiger charge is 2.22. The van der Waals surface area contributed by atoms with Crippen LogP contribution in [0.25, 0.3) is 0 Å². The molecule has 1 atom stereocenters. The molecule has 0 saturated heterocycles. The van der Waals surface area contributed by atoms with Gasteiger partial charge >= 0.3 is 0 Å². The van der Waals surface area contributed by atoms with Gasteiger partial charge in [0, 0.05) is 12.1 Å². The molecule has 6 nitrogen and oxygen atoms in total. The first-order valence-corrected chi connectivity index (χ1v) is 6.14. The first-order chi connectivity index (χ1) is 9.27. The molecule has 1 amide bonds. The molecule has 1 aromatic carbocycles. The number of amides is 1. The summed E-state index contributed by atoms with van der Waals surface area (Å²) in [5, 5.41) is 22.3. The summed E-state index contributed by atoms with van der Waals surface area (Å²) in [4.78, 5) is 22.0. The summed E-state index contributed by atoms with van der Waals surface area (Å²) < 4.78 is 13.9. The van der Waals surface area contributed by atoms with Crippen molar-refractivity contribution in [1.29, 1.82) is 0 Å². The van der Waals surface area contributed by atoms with Gasteiger partial charge in [0.2, 0.25) is 0 Å². The number of carbonyl (C=O) groups excluding carboxylic acids is 1. The maximum atomic E-state index is 13.9. The minimum Gasteiger partial charge on any atom is -0.394 e. The van der Waals surface area contributed by atoms with Crippen molar-refractivity contribution in [2.45, 2.75) is 26.8 Å². The molecule has 110 valence electrons. The second-order valence-corrected chi connectivity index (χ2v) is 4.89. The molecule has 1 aromatic rings. The van der Waals surface area contributed by atoms with E-state index >= 15 is 0 Å². The van der Waals surface area contributed by atoms with Gasteiger partial charge in [-0.25, -0.2) is 4.39 Å². The quantitative estimate of drug-likeness (QED) is 0.637. The largest absolute Gasteiger partial charge is 0.394 e. The van der Waals surface area contributed by atoms with Crippen molar-refractivity contribution in [3.8, 4) is 0 Å². The molecule has 0 aliphatic carbocycles. The van der Waals surface area contributed by atoms with E-state index in [1.165, 1.54) is 6.92 Å². The molecule has 0 saturated carbocycles. The van der Waals surface area contributed by atoms with Crippen LogP contribution in [0.3, 0.4) is 0 Å². The van der Waals surface area contributed by atoms with Crippen molar-refractivity contribution in [1.82, 2.24) is 5.32 Å². The molecule has 0 heterocycles. The molecule has 20 heavy (non-hydrogen) atoms. The minimum absolute atomic E-state index is 0.0226. The number of carbonyl (C=O) groups is 1. The Kier molecular flexibility index (Phi) is 5.15. The molecule has 0 radical (unpaired) electrons. The number of benzene rings is 1. The van der Waals surface area contributed by atoms with E-state index in [0.29, 0.717) is 0 Å². The predicted molar refractivity (Wildman–Crippen MR) is 71.0 cm³/mol. The lowest BCUT2D eigenvalue weighted by Gasteiger charge is -2.20. The SMILES string of the molecule is Cc1cc([N+](=O)[O-])cc(C(=O)NC(CO)C(C)C)c1F. The number of non-ortho nitro benzene ring substituents is 1. The Morgan fingerprint density at radius 3 is 2.55 bits per heavy atom. The summed E-state index contributed by atoms with van der Waals surface area (Å²) in [5.41, 5.74) is -0.718. The van der Waals surface area contributed by atoms with Crippen LogP contribution < -0.4 is 5.32 Å². The average molecular weight is 284 g/mol. The van der Waals surface area contributed by atoms with Crippen LogP contribution in [0.15, 0.2) is 12.1 Å². The van der Waals surface area contributed by atoms with Crippen LogP contribution in [-0.2, 0) is 0 Å². The van der Waals surface area contributed by atoms with E-state index < -0.39 is 28.3 Å². The van der Waals surface area contributed by atoms with Crippen LogP contribution in [0.1, 0.15) is 29.8 Å². The first-order valence-electron chi connectivity index (χ1n) is 6.14. The zero-order valence-corrected chi connectivity index (χ0v) is 11.5. The van der Waals surface area contributed by atoms with Crippen molar-refractivity contribution in [3.63, 3.8) is 0 Å². The first kappa shape index (κ1) is 16.0. The summed E-state index contributed by atoms with van der Waals surface area (Å²) in [5.74, 6) is -1.62. The number of aliphatic hydroxyl groups excluding tert-OH is 1. The molecule has 0 spiro atoms. The van der Waals surface area contributed by atoms with Gasteiger partial charge in [0.15, 0.2) is 0 Å². The van der Waals surface area contributed by atoms with E-state index in [1.54, 1.807) is 13.8 Å². The Morgan fingerprint density at radius 1 is 1.50 bits per heavy atom. The summed E-state index contributed by atoms with van der Waals surface area (Å²) in [6.45, 7) is 4.64. The third-order valence-corrected chi connectivity index (χ3v) is 3.01. The van der Waals surface area contributed by atoms with E-state index in [1.807, 2.05) is 0 Å². The molecule has 0 aliphatic rings. The van der Waals surface area contributed by atoms with Crippen molar-refractivity contribution < 1.29 is 19.2 Å². The molecule has 1 rings (SSSR count). The Labute approximate surface area is 115 Å². The number of nitrogens with zero attached hydrogens (tertiary/aromatic N) is 1. The third kappa shape index (κ3) is 3.51. The normalized spacial score (nSPS) is 12.3. The van der Waals surface area contributed by atoms with E-state index in [9.17, 15) is 19.3 Å². The van der Waals surface area contributed by atoms with Crippen LogP contribution >= 0.6 is 0 Å². The van der Waals surface area contributed by atoms with Crippen molar-refractivity contribution in [3.05, 3.63) is 39.2 Å². The highest BCUT2D eigenvalue weighted by atomic mass is 19.1. The molecule has 1 unspecified atom stereocenters. The Hall–Kier alpha value is -2.02. The van der Waals surface area contributed by atoms with Gasteiger partial charge in [-0.2, -0.15) is 0 Å². The highest BCUT2D eigenvalue weighted by Crippen LogP contribution is 2.21. The van der Waals surface area contributed by atoms with E-state index in [-0.39, 0.29) is 23.8 Å². The highest BCUT2D eigenvalue weighted by molar-refractivity contribution is 5.95. The van der Waals surface area contributed by atoms with E-state index in [4.69, 9.17) is 5.11 Å². The Morgan fingerprint density at radius 2 is 2.10 bits per heavy atom. The van der Waals surface area contributed by atoms with Crippen LogP contribution in [0.2, 0.25) is 0 Å². The number of halogens is 1. The van der Waals surface area contributed by atoms with Crippen LogP contribution in [0, 0.1) is 28.8 Å². The molecule has 0 bridgehead atoms. The minimum atomic E-state index is -0.798. The summed E-state index contributed by atoms with van der Waals surface area (Å²) >= 11 is 0. The maximum absolute atomic E-state index is 13.9. The third-order valence-electron chi connectivity index (χ3n) is 3.01. The molecular formula is C13H17FN2O4. The van der Waals surface area contributed by atoms with Gasteiger partial charge in [-0.3, -0.25) is 14.9 Å². The molecule has 0 aromatic heterocycles. The fourth-order valence-corrected chi connectivity index (χ4v) is 1.69. The standard InChI is InChI=1S/C13H17FN2O4/c1-7(2)11(6-17)15-13(18)10-5-9(16(19)20)4-8(3)12(10)14/h4-5,7,11,17H,6H2,1-3H3,(H,15,18). The fraction of sp³-hybridized carbons (Fsp3) is 0.462. The monoisotopic (exact) mass is 284 g/mol. The number of nitro groups is 1. The molecule has 7 heteroatoms. The van der Waals surface area contributed by atoms with Crippen molar-refractivity contribution in [2.75, 3.05) is 6.61 Å². The molecular weight excluding hydrogens is 267 g/mol. The van der Waals surface area contributed by atoms with Crippen molar-refractivity contribution in [2.24, 2.45) is 5.92 Å². The molecule has 2 N–H and O–H groups in total. The van der Waals surface area contributed by atoms with E-state index in [0.717, 1.165) is 12.1 Å². The van der Waals surface area contributed by atoms with Gasteiger partial charge in [0.25, 0.3) is 11.6 Å². The van der Waals surface area contributed by atoms with Gasteiger partial charge < -0.3 is 10.4 Å². The second kappa shape index (κ2) is 6.42. The average Bonchev–Trinajstić information content (AvgIpc) is 2.37.